The van der Waals surface area contributed by atoms with Gasteiger partial charge in [-0.3, -0.25) is 9.59 Å². The first-order valence-electron chi connectivity index (χ1n) is 13.7. The highest BCUT2D eigenvalue weighted by Gasteiger charge is 2.20. The van der Waals surface area contributed by atoms with E-state index in [-0.39, 0.29) is 22.9 Å². The Hall–Kier alpha value is -5.50. The first-order chi connectivity index (χ1) is 20.5. The molecule has 0 radical (unpaired) electrons. The number of phenols is 1. The third kappa shape index (κ3) is 5.97. The van der Waals surface area contributed by atoms with Crippen LogP contribution in [0.1, 0.15) is 40.1 Å². The number of carbonyl (C=O) groups is 2. The molecule has 0 unspecified atom stereocenters. The Balaban J connectivity index is 1.53. The van der Waals surface area contributed by atoms with Gasteiger partial charge in [-0.2, -0.15) is 0 Å². The van der Waals surface area contributed by atoms with Gasteiger partial charge in [0.25, 0.3) is 11.8 Å². The summed E-state index contributed by atoms with van der Waals surface area (Å²) >= 11 is 0. The van der Waals surface area contributed by atoms with Gasteiger partial charge in [0.2, 0.25) is 0 Å². The van der Waals surface area contributed by atoms with E-state index in [0.717, 1.165) is 10.9 Å². The monoisotopic (exact) mass is 558 g/mol. The fourth-order valence-electron chi connectivity index (χ4n) is 4.66. The van der Waals surface area contributed by atoms with Crippen molar-refractivity contribution < 1.29 is 19.4 Å². The Kier molecular flexibility index (Phi) is 8.53. The number of hydrogen-bond acceptors (Lipinski definition) is 6. The number of benzene rings is 5. The van der Waals surface area contributed by atoms with E-state index in [2.05, 4.69) is 20.9 Å². The van der Waals surface area contributed by atoms with Gasteiger partial charge in [0.05, 0.1) is 23.5 Å². The molecule has 5 rings (SSSR count). The Morgan fingerprint density at radius 2 is 1.48 bits per heavy atom. The highest BCUT2D eigenvalue weighted by Crippen LogP contribution is 2.42. The second-order valence-electron chi connectivity index (χ2n) is 9.41. The summed E-state index contributed by atoms with van der Waals surface area (Å²) < 4.78 is 5.97. The lowest BCUT2D eigenvalue weighted by Crippen LogP contribution is -2.13. The van der Waals surface area contributed by atoms with E-state index < -0.39 is 5.91 Å². The van der Waals surface area contributed by atoms with Crippen molar-refractivity contribution in [3.05, 3.63) is 120 Å². The molecule has 0 bridgehead atoms. The topological polar surface area (TPSA) is 112 Å². The van der Waals surface area contributed by atoms with Gasteiger partial charge in [0.1, 0.15) is 11.4 Å². The lowest BCUT2D eigenvalue weighted by molar-refractivity contribution is 0.101. The molecule has 0 spiro atoms. The number of hydrogen-bond donors (Lipinski definition) is 3. The number of carbonyl (C=O) groups excluding carboxylic acids is 2. The van der Waals surface area contributed by atoms with Crippen LogP contribution in [0.4, 0.5) is 22.7 Å². The number of rotatable bonds is 9. The summed E-state index contributed by atoms with van der Waals surface area (Å²) in [5.74, 6) is -0.492. The molecule has 8 heteroatoms. The number of nitrogens with zero attached hydrogens (tertiary/aromatic N) is 2. The second kappa shape index (κ2) is 12.8. The summed E-state index contributed by atoms with van der Waals surface area (Å²) in [6.07, 6.45) is 0.547. The number of azo groups is 1. The summed E-state index contributed by atoms with van der Waals surface area (Å²) in [6, 6.07) is 30.4. The van der Waals surface area contributed by atoms with E-state index in [0.29, 0.717) is 46.8 Å². The van der Waals surface area contributed by atoms with Crippen LogP contribution in [0.15, 0.2) is 113 Å². The van der Waals surface area contributed by atoms with E-state index in [1.54, 1.807) is 54.6 Å². The minimum atomic E-state index is -0.465. The van der Waals surface area contributed by atoms with Crippen molar-refractivity contribution >= 4 is 45.3 Å². The minimum absolute atomic E-state index is 0.0798. The molecule has 0 saturated carbocycles. The number of fused-ring (bicyclic) bond motifs is 1. The molecule has 0 aliphatic carbocycles. The summed E-state index contributed by atoms with van der Waals surface area (Å²) in [6.45, 7) is 4.21. The van der Waals surface area contributed by atoms with Gasteiger partial charge in [-0.05, 0) is 61.2 Å². The quantitative estimate of drug-likeness (QED) is 0.158. The molecule has 8 nitrogen and oxygen atoms in total. The van der Waals surface area contributed by atoms with Crippen molar-refractivity contribution in [1.82, 2.24) is 0 Å². The predicted octanol–water partition coefficient (Wildman–Crippen LogP) is 8.43. The number of anilines is 2. The van der Waals surface area contributed by atoms with Crippen LogP contribution in [-0.2, 0) is 6.42 Å². The minimum Gasteiger partial charge on any atom is -0.505 e. The molecule has 3 N–H and O–H groups in total. The van der Waals surface area contributed by atoms with Crippen molar-refractivity contribution in [2.45, 2.75) is 20.3 Å². The average Bonchev–Trinajstić information content (AvgIpc) is 3.02. The van der Waals surface area contributed by atoms with E-state index in [9.17, 15) is 14.7 Å². The smallest absolute Gasteiger partial charge is 0.259 e. The van der Waals surface area contributed by atoms with E-state index >= 15 is 0 Å². The normalized spacial score (nSPS) is 11.0. The Morgan fingerprint density at radius 3 is 2.19 bits per heavy atom. The zero-order valence-electron chi connectivity index (χ0n) is 23.3. The molecule has 0 aromatic heterocycles. The van der Waals surface area contributed by atoms with Crippen molar-refractivity contribution in [3.63, 3.8) is 0 Å². The van der Waals surface area contributed by atoms with Gasteiger partial charge in [-0.1, -0.05) is 67.6 Å². The Bertz CT molecular complexity index is 1770. The summed E-state index contributed by atoms with van der Waals surface area (Å²) in [7, 11) is 0. The van der Waals surface area contributed by atoms with Crippen molar-refractivity contribution in [3.8, 4) is 11.5 Å². The van der Waals surface area contributed by atoms with Crippen LogP contribution >= 0.6 is 0 Å². The molecular weight excluding hydrogens is 528 g/mol. The lowest BCUT2D eigenvalue weighted by Gasteiger charge is -2.17. The number of phenolic OH excluding ortho intramolecular Hbond substituents is 1. The average molecular weight is 559 g/mol. The van der Waals surface area contributed by atoms with Crippen LogP contribution in [0.2, 0.25) is 0 Å². The maximum Gasteiger partial charge on any atom is 0.259 e. The molecule has 0 fully saturated rings. The van der Waals surface area contributed by atoms with Gasteiger partial charge >= 0.3 is 0 Å². The molecule has 210 valence electrons. The summed E-state index contributed by atoms with van der Waals surface area (Å²) in [4.78, 5) is 26.0. The molecule has 0 aliphatic rings. The predicted molar refractivity (Wildman–Crippen MR) is 166 cm³/mol. The fraction of sp³-hybridized carbons (Fsp3) is 0.118. The van der Waals surface area contributed by atoms with Crippen molar-refractivity contribution in [2.24, 2.45) is 10.2 Å². The molecule has 5 aromatic carbocycles. The van der Waals surface area contributed by atoms with Gasteiger partial charge in [0.15, 0.2) is 5.75 Å². The molecule has 0 saturated heterocycles. The van der Waals surface area contributed by atoms with E-state index in [1.165, 1.54) is 0 Å². The van der Waals surface area contributed by atoms with Gasteiger partial charge in [0, 0.05) is 22.2 Å². The zero-order valence-corrected chi connectivity index (χ0v) is 23.3. The van der Waals surface area contributed by atoms with Crippen LogP contribution in [0.25, 0.3) is 10.8 Å². The highest BCUT2D eigenvalue weighted by atomic mass is 16.5. The zero-order chi connectivity index (χ0) is 29.5. The molecule has 5 aromatic rings. The first kappa shape index (κ1) is 28.0. The number of para-hydroxylation sites is 1. The van der Waals surface area contributed by atoms with Crippen LogP contribution in [0, 0.1) is 0 Å². The molecule has 2 amide bonds. The number of amides is 2. The maximum absolute atomic E-state index is 13.2. The third-order valence-electron chi connectivity index (χ3n) is 6.69. The Labute approximate surface area is 243 Å². The standard InChI is InChI=1S/C34H30N4O4/c1-3-25-28(19-20-29(32(25)42-4-2)36-33(40)22-13-7-5-8-14-22)37-38-30-26-18-12-11-15-23(26)21-27(31(30)39)34(41)35-24-16-9-6-10-17-24/h5-21,39H,3-4H2,1-2H3,(H,35,41)(H,36,40). The van der Waals surface area contributed by atoms with Crippen molar-refractivity contribution in [1.29, 1.82) is 0 Å². The summed E-state index contributed by atoms with van der Waals surface area (Å²) in [5.41, 5.74) is 3.17. The van der Waals surface area contributed by atoms with Crippen LogP contribution < -0.4 is 15.4 Å². The third-order valence-corrected chi connectivity index (χ3v) is 6.69. The van der Waals surface area contributed by atoms with Crippen LogP contribution in [0.3, 0.4) is 0 Å². The second-order valence-corrected chi connectivity index (χ2v) is 9.41. The fourth-order valence-corrected chi connectivity index (χ4v) is 4.66. The van der Waals surface area contributed by atoms with E-state index in [1.807, 2.05) is 62.4 Å². The maximum atomic E-state index is 13.2. The van der Waals surface area contributed by atoms with E-state index in [4.69, 9.17) is 4.74 Å². The Morgan fingerprint density at radius 1 is 0.786 bits per heavy atom. The lowest BCUT2D eigenvalue weighted by atomic mass is 10.0. The number of nitrogens with one attached hydrogen (secondary N) is 2. The van der Waals surface area contributed by atoms with Gasteiger partial charge in [-0.15, -0.1) is 10.2 Å². The highest BCUT2D eigenvalue weighted by molar-refractivity contribution is 6.11. The SMILES string of the molecule is CCOc1c(NC(=O)c2ccccc2)ccc(N=Nc2c(O)c(C(=O)Nc3ccccc3)cc3ccccc23)c1CC. The molecule has 0 atom stereocenters. The first-order valence-corrected chi connectivity index (χ1v) is 13.7. The van der Waals surface area contributed by atoms with Crippen molar-refractivity contribution in [2.75, 3.05) is 17.2 Å². The van der Waals surface area contributed by atoms with Gasteiger partial charge < -0.3 is 20.5 Å². The molecular formula is C34H30N4O4. The van der Waals surface area contributed by atoms with Crippen LogP contribution in [0.5, 0.6) is 11.5 Å². The molecule has 42 heavy (non-hydrogen) atoms. The van der Waals surface area contributed by atoms with Crippen LogP contribution in [-0.4, -0.2) is 23.5 Å². The molecule has 0 aliphatic heterocycles. The largest absolute Gasteiger partial charge is 0.505 e. The number of ether oxygens (including phenoxy) is 1. The van der Waals surface area contributed by atoms with Gasteiger partial charge in [-0.25, -0.2) is 0 Å². The number of aromatic hydroxyl groups is 1. The molecule has 0 heterocycles. The summed E-state index contributed by atoms with van der Waals surface area (Å²) in [5, 5.41) is 27.3.